The lowest BCUT2D eigenvalue weighted by Crippen LogP contribution is -1.98. The highest BCUT2D eigenvalue weighted by Crippen LogP contribution is 2.33. The zero-order valence-electron chi connectivity index (χ0n) is 11.4. The fourth-order valence-electron chi connectivity index (χ4n) is 1.83. The molecular weight excluding hydrogens is 299 g/mol. The molecule has 0 aliphatic rings. The Balaban J connectivity index is 2.56. The van der Waals surface area contributed by atoms with Crippen molar-refractivity contribution in [2.24, 2.45) is 0 Å². The minimum absolute atomic E-state index is 0.361. The molecule has 0 unspecified atom stereocenters. The molecular formula is C14H14Cl2N2O2. The molecule has 0 aliphatic carbocycles. The first-order valence-electron chi connectivity index (χ1n) is 6.05. The average molecular weight is 313 g/mol. The van der Waals surface area contributed by atoms with Crippen LogP contribution in [0.5, 0.6) is 11.5 Å². The van der Waals surface area contributed by atoms with Gasteiger partial charge in [0.05, 0.1) is 19.8 Å². The second-order valence-electron chi connectivity index (χ2n) is 4.03. The molecule has 20 heavy (non-hydrogen) atoms. The van der Waals surface area contributed by atoms with Crippen molar-refractivity contribution in [3.8, 4) is 22.9 Å². The number of nitrogens with zero attached hydrogens (tertiary/aromatic N) is 2. The van der Waals surface area contributed by atoms with Gasteiger partial charge in [-0.25, -0.2) is 9.97 Å². The molecule has 0 amide bonds. The first-order valence-corrected chi connectivity index (χ1v) is 6.80. The van der Waals surface area contributed by atoms with Crippen LogP contribution in [0.2, 0.25) is 10.3 Å². The molecule has 0 saturated heterocycles. The SMILES string of the molecule is CCc1c(Cl)nc(-c2ccc(OC)cc2OC)nc1Cl. The Hall–Kier alpha value is -1.52. The molecule has 6 heteroatoms. The molecule has 4 nitrogen and oxygen atoms in total. The lowest BCUT2D eigenvalue weighted by molar-refractivity contribution is 0.395. The van der Waals surface area contributed by atoms with Gasteiger partial charge < -0.3 is 9.47 Å². The third-order valence-electron chi connectivity index (χ3n) is 2.91. The quantitative estimate of drug-likeness (QED) is 0.799. The maximum absolute atomic E-state index is 6.14. The molecule has 106 valence electrons. The van der Waals surface area contributed by atoms with E-state index >= 15 is 0 Å². The number of methoxy groups -OCH3 is 2. The van der Waals surface area contributed by atoms with E-state index in [1.165, 1.54) is 0 Å². The van der Waals surface area contributed by atoms with Gasteiger partial charge >= 0.3 is 0 Å². The van der Waals surface area contributed by atoms with Gasteiger partial charge in [-0.05, 0) is 18.6 Å². The number of halogens is 2. The van der Waals surface area contributed by atoms with Crippen LogP contribution in [0.3, 0.4) is 0 Å². The van der Waals surface area contributed by atoms with E-state index in [1.807, 2.05) is 13.0 Å². The Morgan fingerprint density at radius 3 is 2.20 bits per heavy atom. The summed E-state index contributed by atoms with van der Waals surface area (Å²) in [6, 6.07) is 5.37. The van der Waals surface area contributed by atoms with E-state index in [2.05, 4.69) is 9.97 Å². The second-order valence-corrected chi connectivity index (χ2v) is 4.74. The van der Waals surface area contributed by atoms with E-state index in [0.29, 0.717) is 39.6 Å². The molecule has 0 atom stereocenters. The Labute approximate surface area is 127 Å². The minimum Gasteiger partial charge on any atom is -0.497 e. The molecule has 1 heterocycles. The van der Waals surface area contributed by atoms with E-state index in [0.717, 1.165) is 5.56 Å². The number of hydrogen-bond acceptors (Lipinski definition) is 4. The van der Waals surface area contributed by atoms with Gasteiger partial charge in [0.1, 0.15) is 21.8 Å². The average Bonchev–Trinajstić information content (AvgIpc) is 2.46. The van der Waals surface area contributed by atoms with Crippen LogP contribution in [0, 0.1) is 0 Å². The summed E-state index contributed by atoms with van der Waals surface area (Å²) in [5, 5.41) is 0.723. The van der Waals surface area contributed by atoms with Crippen LogP contribution < -0.4 is 9.47 Å². The maximum Gasteiger partial charge on any atom is 0.166 e. The Bertz CT molecular complexity index is 610. The molecule has 0 aliphatic heterocycles. The van der Waals surface area contributed by atoms with Gasteiger partial charge in [0.2, 0.25) is 0 Å². The summed E-state index contributed by atoms with van der Waals surface area (Å²) in [6.07, 6.45) is 0.678. The van der Waals surface area contributed by atoms with Gasteiger partial charge in [-0.15, -0.1) is 0 Å². The molecule has 0 radical (unpaired) electrons. The molecule has 0 spiro atoms. The predicted molar refractivity (Wildman–Crippen MR) is 80.0 cm³/mol. The monoisotopic (exact) mass is 312 g/mol. The number of benzene rings is 1. The molecule has 2 rings (SSSR count). The summed E-state index contributed by atoms with van der Waals surface area (Å²) in [6.45, 7) is 1.95. The lowest BCUT2D eigenvalue weighted by atomic mass is 10.1. The van der Waals surface area contributed by atoms with Crippen LogP contribution in [0.15, 0.2) is 18.2 Å². The topological polar surface area (TPSA) is 44.2 Å². The van der Waals surface area contributed by atoms with Crippen molar-refractivity contribution in [2.45, 2.75) is 13.3 Å². The van der Waals surface area contributed by atoms with Crippen molar-refractivity contribution >= 4 is 23.2 Å². The third kappa shape index (κ3) is 2.81. The van der Waals surface area contributed by atoms with Crippen LogP contribution in [0.25, 0.3) is 11.4 Å². The lowest BCUT2D eigenvalue weighted by Gasteiger charge is -2.11. The largest absolute Gasteiger partial charge is 0.497 e. The van der Waals surface area contributed by atoms with Crippen LogP contribution in [0.4, 0.5) is 0 Å². The molecule has 0 bridgehead atoms. The van der Waals surface area contributed by atoms with Gasteiger partial charge in [0, 0.05) is 11.6 Å². The van der Waals surface area contributed by atoms with E-state index in [-0.39, 0.29) is 0 Å². The zero-order valence-corrected chi connectivity index (χ0v) is 12.9. The van der Waals surface area contributed by atoms with E-state index < -0.39 is 0 Å². The van der Waals surface area contributed by atoms with Crippen molar-refractivity contribution in [3.63, 3.8) is 0 Å². The van der Waals surface area contributed by atoms with Crippen molar-refractivity contribution in [2.75, 3.05) is 14.2 Å². The normalized spacial score (nSPS) is 10.4. The molecule has 2 aromatic rings. The third-order valence-corrected chi connectivity index (χ3v) is 3.53. The molecule has 1 aromatic heterocycles. The highest BCUT2D eigenvalue weighted by Gasteiger charge is 2.15. The van der Waals surface area contributed by atoms with E-state index in [9.17, 15) is 0 Å². The van der Waals surface area contributed by atoms with Gasteiger partial charge in [0.15, 0.2) is 5.82 Å². The van der Waals surface area contributed by atoms with Gasteiger partial charge in [-0.2, -0.15) is 0 Å². The van der Waals surface area contributed by atoms with Crippen LogP contribution in [-0.2, 0) is 6.42 Å². The van der Waals surface area contributed by atoms with E-state index in [1.54, 1.807) is 26.4 Å². The molecule has 0 saturated carbocycles. The smallest absolute Gasteiger partial charge is 0.166 e. The molecule has 0 N–H and O–H groups in total. The number of ether oxygens (including phenoxy) is 2. The highest BCUT2D eigenvalue weighted by atomic mass is 35.5. The maximum atomic E-state index is 6.14. The van der Waals surface area contributed by atoms with Crippen molar-refractivity contribution in [1.29, 1.82) is 0 Å². The second kappa shape index (κ2) is 6.29. The molecule has 0 fully saturated rings. The highest BCUT2D eigenvalue weighted by molar-refractivity contribution is 6.34. The van der Waals surface area contributed by atoms with E-state index in [4.69, 9.17) is 32.7 Å². The summed E-state index contributed by atoms with van der Waals surface area (Å²) < 4.78 is 10.5. The Morgan fingerprint density at radius 2 is 1.70 bits per heavy atom. The summed E-state index contributed by atoms with van der Waals surface area (Å²) in [7, 11) is 3.16. The number of hydrogen-bond donors (Lipinski definition) is 0. The van der Waals surface area contributed by atoms with Crippen LogP contribution >= 0.6 is 23.2 Å². The van der Waals surface area contributed by atoms with Crippen molar-refractivity contribution in [1.82, 2.24) is 9.97 Å². The molecule has 1 aromatic carbocycles. The minimum atomic E-state index is 0.361. The van der Waals surface area contributed by atoms with Crippen molar-refractivity contribution in [3.05, 3.63) is 34.1 Å². The first kappa shape index (κ1) is 14.9. The predicted octanol–water partition coefficient (Wildman–Crippen LogP) is 4.03. The first-order chi connectivity index (χ1) is 9.60. The fraction of sp³-hybridized carbons (Fsp3) is 0.286. The summed E-state index contributed by atoms with van der Waals surface area (Å²) in [5.41, 5.74) is 1.45. The fourth-order valence-corrected chi connectivity index (χ4v) is 2.48. The van der Waals surface area contributed by atoms with Gasteiger partial charge in [0.25, 0.3) is 0 Å². The Morgan fingerprint density at radius 1 is 1.05 bits per heavy atom. The van der Waals surface area contributed by atoms with Crippen molar-refractivity contribution < 1.29 is 9.47 Å². The standard InChI is InChI=1S/C14H14Cl2N2O2/c1-4-9-12(15)17-14(18-13(9)16)10-6-5-8(19-2)7-11(10)20-3/h5-7H,4H2,1-3H3. The zero-order chi connectivity index (χ0) is 14.7. The number of aromatic nitrogens is 2. The summed E-state index contributed by atoms with van der Waals surface area (Å²) in [4.78, 5) is 8.58. The summed E-state index contributed by atoms with van der Waals surface area (Å²) in [5.74, 6) is 1.71. The van der Waals surface area contributed by atoms with Gasteiger partial charge in [-0.1, -0.05) is 30.1 Å². The van der Waals surface area contributed by atoms with Crippen LogP contribution in [-0.4, -0.2) is 24.2 Å². The van der Waals surface area contributed by atoms with Gasteiger partial charge in [-0.3, -0.25) is 0 Å². The Kier molecular flexibility index (Phi) is 4.68. The summed E-state index contributed by atoms with van der Waals surface area (Å²) >= 11 is 12.3. The number of rotatable bonds is 4. The van der Waals surface area contributed by atoms with Crippen LogP contribution in [0.1, 0.15) is 12.5 Å².